The van der Waals surface area contributed by atoms with Crippen molar-refractivity contribution in [3.63, 3.8) is 0 Å². The van der Waals surface area contributed by atoms with E-state index < -0.39 is 6.36 Å². The van der Waals surface area contributed by atoms with E-state index in [2.05, 4.69) is 31.3 Å². The van der Waals surface area contributed by atoms with Crippen molar-refractivity contribution in [2.45, 2.75) is 42.5 Å². The summed E-state index contributed by atoms with van der Waals surface area (Å²) in [7, 11) is 2.34. The summed E-state index contributed by atoms with van der Waals surface area (Å²) in [5, 5.41) is 2.85. The number of unbranched alkanes of at least 4 members (excludes halogenated alkanes) is 1. The van der Waals surface area contributed by atoms with Gasteiger partial charge in [0.25, 0.3) is 0 Å². The molecule has 1 unspecified atom stereocenters. The molecule has 158 valence electrons. The Labute approximate surface area is 176 Å². The van der Waals surface area contributed by atoms with Crippen LogP contribution in [0.1, 0.15) is 30.4 Å². The molecule has 0 spiro atoms. The lowest BCUT2D eigenvalue weighted by Crippen LogP contribution is -2.46. The van der Waals surface area contributed by atoms with Crippen molar-refractivity contribution < 1.29 is 22.6 Å². The number of halogens is 3. The molecule has 2 aromatic carbocycles. The second kappa shape index (κ2) is 10.2. The van der Waals surface area contributed by atoms with E-state index >= 15 is 0 Å². The van der Waals surface area contributed by atoms with Crippen molar-refractivity contribution >= 4 is 21.2 Å². The van der Waals surface area contributed by atoms with E-state index in [9.17, 15) is 13.2 Å². The molecule has 3 nitrogen and oxygen atoms in total. The maximum atomic E-state index is 12.8. The van der Waals surface area contributed by atoms with Gasteiger partial charge < -0.3 is 9.47 Å². The third-order valence-electron chi connectivity index (χ3n) is 4.99. The minimum absolute atomic E-state index is 0.0866. The van der Waals surface area contributed by atoms with E-state index in [1.54, 1.807) is 6.07 Å². The van der Waals surface area contributed by atoms with Gasteiger partial charge in [-0.3, -0.25) is 5.09 Å². The molecule has 0 aliphatic carbocycles. The maximum Gasteiger partial charge on any atom is 0.573 e. The number of thioether (sulfide) groups is 1. The summed E-state index contributed by atoms with van der Waals surface area (Å²) in [5.41, 5.74) is 2.12. The molecule has 2 aromatic rings. The van der Waals surface area contributed by atoms with Gasteiger partial charge in [-0.25, -0.2) is 0 Å². The molecule has 1 aliphatic heterocycles. The highest BCUT2D eigenvalue weighted by molar-refractivity contribution is 7.99. The van der Waals surface area contributed by atoms with Crippen LogP contribution in [0.3, 0.4) is 0 Å². The van der Waals surface area contributed by atoms with Gasteiger partial charge in [0.1, 0.15) is 5.75 Å². The summed E-state index contributed by atoms with van der Waals surface area (Å²) >= 11 is 1.40. The number of alkyl halides is 3. The number of benzene rings is 2. The molecular weight excluding hydrogens is 418 g/mol. The highest BCUT2D eigenvalue weighted by atomic mass is 32.2. The average Bonchev–Trinajstić information content (AvgIpc) is 2.64. The maximum absolute atomic E-state index is 12.8. The van der Waals surface area contributed by atoms with Crippen molar-refractivity contribution in [2.24, 2.45) is 0 Å². The lowest BCUT2D eigenvalue weighted by molar-refractivity contribution is -0.275. The van der Waals surface area contributed by atoms with Crippen molar-refractivity contribution in [2.75, 3.05) is 19.0 Å². The molecule has 0 saturated carbocycles. The van der Waals surface area contributed by atoms with Crippen LogP contribution in [0.15, 0.2) is 53.4 Å². The topological polar surface area (TPSA) is 30.5 Å². The van der Waals surface area contributed by atoms with Crippen LogP contribution >= 0.6 is 21.2 Å². The molecule has 3 rings (SSSR count). The van der Waals surface area contributed by atoms with Crippen molar-refractivity contribution in [3.8, 4) is 5.75 Å². The molecule has 1 aliphatic rings. The lowest BCUT2D eigenvalue weighted by atomic mass is 9.75. The fraction of sp³-hybridized carbons (Fsp3) is 0.429. The van der Waals surface area contributed by atoms with Crippen LogP contribution in [0.25, 0.3) is 0 Å². The van der Waals surface area contributed by atoms with Crippen LogP contribution in [0.4, 0.5) is 13.2 Å². The van der Waals surface area contributed by atoms with Crippen LogP contribution in [-0.2, 0) is 16.7 Å². The molecule has 0 amide bonds. The molecule has 1 saturated heterocycles. The van der Waals surface area contributed by atoms with E-state index in [0.717, 1.165) is 43.8 Å². The second-order valence-corrected chi connectivity index (χ2v) is 8.70. The average molecular weight is 443 g/mol. The first kappa shape index (κ1) is 22.4. The van der Waals surface area contributed by atoms with Crippen LogP contribution in [0.5, 0.6) is 5.75 Å². The van der Waals surface area contributed by atoms with Crippen LogP contribution in [0.2, 0.25) is 0 Å². The predicted octanol–water partition coefficient (Wildman–Crippen LogP) is 5.70. The first-order valence-electron chi connectivity index (χ1n) is 9.50. The number of nitrogens with one attached hydrogen (secondary N) is 1. The normalized spacial score (nSPS) is 15.7. The number of rotatable bonds is 10. The van der Waals surface area contributed by atoms with Crippen molar-refractivity contribution in [3.05, 3.63) is 59.7 Å². The zero-order valence-electron chi connectivity index (χ0n) is 16.0. The van der Waals surface area contributed by atoms with E-state index in [4.69, 9.17) is 4.74 Å². The molecule has 1 fully saturated rings. The molecule has 0 radical (unpaired) electrons. The first-order chi connectivity index (χ1) is 13.9. The minimum Gasteiger partial charge on any atom is -0.405 e. The van der Waals surface area contributed by atoms with E-state index in [1.165, 1.54) is 23.4 Å². The van der Waals surface area contributed by atoms with E-state index in [1.807, 2.05) is 24.3 Å². The Balaban J connectivity index is 1.53. The van der Waals surface area contributed by atoms with Crippen LogP contribution in [-0.4, -0.2) is 25.3 Å². The van der Waals surface area contributed by atoms with Crippen molar-refractivity contribution in [1.82, 2.24) is 5.09 Å². The smallest absolute Gasteiger partial charge is 0.405 e. The third-order valence-corrected chi connectivity index (χ3v) is 6.34. The lowest BCUT2D eigenvalue weighted by Gasteiger charge is -2.42. The van der Waals surface area contributed by atoms with Crippen molar-refractivity contribution in [1.29, 1.82) is 0 Å². The Morgan fingerprint density at radius 1 is 1.10 bits per heavy atom. The van der Waals surface area contributed by atoms with Gasteiger partial charge in [0, 0.05) is 16.9 Å². The minimum atomic E-state index is -4.70. The number of hydrogen-bond donors (Lipinski definition) is 1. The largest absolute Gasteiger partial charge is 0.573 e. The summed E-state index contributed by atoms with van der Waals surface area (Å²) in [4.78, 5) is 0.514. The summed E-state index contributed by atoms with van der Waals surface area (Å²) in [6.45, 7) is 1.92. The zero-order chi connectivity index (χ0) is 20.7. The zero-order valence-corrected chi connectivity index (χ0v) is 18.0. The molecule has 0 bridgehead atoms. The predicted molar refractivity (Wildman–Crippen MR) is 113 cm³/mol. The standard InChI is InChI=1S/C21H25F3NO2PS/c22-21(23,24)27-18-12-16(13-25-28)8-9-19(18)29-11-5-4-10-20(14-26-15-20)17-6-2-1-3-7-17/h1-3,6-9,12,25H,4-5,10-11,13-15,28H2. The van der Waals surface area contributed by atoms with Crippen LogP contribution in [0, 0.1) is 0 Å². The molecule has 1 heterocycles. The fourth-order valence-electron chi connectivity index (χ4n) is 3.45. The van der Waals surface area contributed by atoms with Gasteiger partial charge in [-0.2, -0.15) is 0 Å². The van der Waals surface area contributed by atoms with Gasteiger partial charge in [-0.15, -0.1) is 24.9 Å². The van der Waals surface area contributed by atoms with Gasteiger partial charge in [-0.05, 0) is 41.9 Å². The van der Waals surface area contributed by atoms with Gasteiger partial charge >= 0.3 is 6.36 Å². The first-order valence-corrected chi connectivity index (χ1v) is 11.1. The number of hydrogen-bond acceptors (Lipinski definition) is 4. The third kappa shape index (κ3) is 6.35. The van der Waals surface area contributed by atoms with Gasteiger partial charge in [0.2, 0.25) is 0 Å². The molecule has 1 N–H and O–H groups in total. The van der Waals surface area contributed by atoms with Gasteiger partial charge in [-0.1, -0.05) is 52.2 Å². The summed E-state index contributed by atoms with van der Waals surface area (Å²) in [6, 6.07) is 15.4. The molecule has 0 aromatic heterocycles. The Morgan fingerprint density at radius 2 is 1.86 bits per heavy atom. The fourth-order valence-corrected chi connectivity index (χ4v) is 4.66. The molecule has 29 heavy (non-hydrogen) atoms. The summed E-state index contributed by atoms with van der Waals surface area (Å²) < 4.78 is 48.0. The highest BCUT2D eigenvalue weighted by Gasteiger charge is 2.39. The monoisotopic (exact) mass is 443 g/mol. The summed E-state index contributed by atoms with van der Waals surface area (Å²) in [5.74, 6) is 0.606. The number of ether oxygens (including phenoxy) is 2. The Kier molecular flexibility index (Phi) is 7.85. The van der Waals surface area contributed by atoms with Gasteiger partial charge in [0.15, 0.2) is 0 Å². The SMILES string of the molecule is FC(F)(F)Oc1cc(CNP)ccc1SCCCCC1(c2ccccc2)COC1. The Bertz CT molecular complexity index is 785. The Morgan fingerprint density at radius 3 is 2.48 bits per heavy atom. The second-order valence-electron chi connectivity index (χ2n) is 7.15. The quantitative estimate of drug-likeness (QED) is 0.290. The van der Waals surface area contributed by atoms with Crippen LogP contribution < -0.4 is 9.82 Å². The summed E-state index contributed by atoms with van der Waals surface area (Å²) in [6.07, 6.45) is -1.77. The Hall–Kier alpha value is -1.27. The van der Waals surface area contributed by atoms with E-state index in [0.29, 0.717) is 11.4 Å². The van der Waals surface area contributed by atoms with E-state index in [-0.39, 0.29) is 11.2 Å². The highest BCUT2D eigenvalue weighted by Crippen LogP contribution is 2.38. The molecule has 8 heteroatoms. The van der Waals surface area contributed by atoms with Gasteiger partial charge in [0.05, 0.1) is 13.2 Å². The molecule has 1 atom stereocenters. The molecular formula is C21H25F3NO2PS.